The van der Waals surface area contributed by atoms with Gasteiger partial charge in [0.25, 0.3) is 0 Å². The molecule has 0 fully saturated rings. The zero-order valence-electron chi connectivity index (χ0n) is 11.1. The van der Waals surface area contributed by atoms with Gasteiger partial charge < -0.3 is 4.40 Å². The Morgan fingerprint density at radius 1 is 0.944 bits per heavy atom. The van der Waals surface area contributed by atoms with Crippen LogP contribution in [0.5, 0.6) is 0 Å². The molecule has 0 spiro atoms. The molecule has 0 aliphatic carbocycles. The molecule has 3 rings (SSSR count). The smallest absolute Gasteiger partial charge is 0.137 e. The highest BCUT2D eigenvalue weighted by molar-refractivity contribution is 5.67. The van der Waals surface area contributed by atoms with Crippen molar-refractivity contribution in [3.8, 4) is 11.1 Å². The van der Waals surface area contributed by atoms with Crippen molar-refractivity contribution in [2.24, 2.45) is 0 Å². The molecule has 1 aromatic carbocycles. The summed E-state index contributed by atoms with van der Waals surface area (Å²) in [4.78, 5) is 4.37. The predicted octanol–water partition coefficient (Wildman–Crippen LogP) is 4.34. The highest BCUT2D eigenvalue weighted by Gasteiger charge is 2.01. The van der Waals surface area contributed by atoms with E-state index in [0.29, 0.717) is 0 Å². The third-order valence-electron chi connectivity index (χ3n) is 2.81. The number of aryl methyl sites for hydroxylation is 1. The Bertz CT molecular complexity index is 624. The minimum atomic E-state index is 0.999. The van der Waals surface area contributed by atoms with Crippen molar-refractivity contribution >= 4 is 5.65 Å². The van der Waals surface area contributed by atoms with Gasteiger partial charge >= 0.3 is 0 Å². The molecule has 0 aliphatic rings. The van der Waals surface area contributed by atoms with Crippen LogP contribution in [0.3, 0.4) is 0 Å². The first-order chi connectivity index (χ1) is 8.84. The van der Waals surface area contributed by atoms with E-state index >= 15 is 0 Å². The zero-order valence-corrected chi connectivity index (χ0v) is 11.1. The topological polar surface area (TPSA) is 17.3 Å². The third kappa shape index (κ3) is 2.28. The molecule has 2 nitrogen and oxygen atoms in total. The third-order valence-corrected chi connectivity index (χ3v) is 2.81. The second-order valence-electron chi connectivity index (χ2n) is 3.91. The van der Waals surface area contributed by atoms with Crippen molar-refractivity contribution in [1.29, 1.82) is 0 Å². The van der Waals surface area contributed by atoms with Crippen LogP contribution in [-0.2, 0) is 0 Å². The molecule has 2 heteroatoms. The number of aromatic nitrogens is 2. The molecule has 0 atom stereocenters. The maximum Gasteiger partial charge on any atom is 0.137 e. The minimum Gasteiger partial charge on any atom is -0.304 e. The fraction of sp³-hybridized carbons (Fsp3) is 0.188. The number of hydrogen-bond donors (Lipinski definition) is 0. The number of fused-ring (bicyclic) bond motifs is 1. The van der Waals surface area contributed by atoms with Crippen molar-refractivity contribution in [1.82, 2.24) is 9.38 Å². The van der Waals surface area contributed by atoms with Gasteiger partial charge in [0.15, 0.2) is 0 Å². The van der Waals surface area contributed by atoms with Crippen LogP contribution < -0.4 is 0 Å². The Morgan fingerprint density at radius 2 is 1.67 bits per heavy atom. The molecule has 92 valence electrons. The first kappa shape index (κ1) is 12.4. The molecule has 3 aromatic rings. The lowest BCUT2D eigenvalue weighted by Gasteiger charge is -2.02. The standard InChI is InChI=1S/C14H12N2.C2H6/c1-11-10-15-14-9-13(7-8-16(11)14)12-5-3-2-4-6-12;1-2/h2-10H,1H3;1-2H3. The van der Waals surface area contributed by atoms with Crippen molar-refractivity contribution in [3.63, 3.8) is 0 Å². The average molecular weight is 238 g/mol. The number of hydrogen-bond acceptors (Lipinski definition) is 1. The Balaban J connectivity index is 0.000000574. The zero-order chi connectivity index (χ0) is 13.0. The second-order valence-corrected chi connectivity index (χ2v) is 3.91. The van der Waals surface area contributed by atoms with Gasteiger partial charge in [-0.05, 0) is 30.2 Å². The quantitative estimate of drug-likeness (QED) is 0.616. The first-order valence-corrected chi connectivity index (χ1v) is 6.34. The molecule has 2 heterocycles. The van der Waals surface area contributed by atoms with Gasteiger partial charge in [-0.2, -0.15) is 0 Å². The first-order valence-electron chi connectivity index (χ1n) is 6.34. The van der Waals surface area contributed by atoms with Crippen LogP contribution >= 0.6 is 0 Å². The number of pyridine rings is 1. The van der Waals surface area contributed by atoms with E-state index in [0.717, 1.165) is 11.3 Å². The van der Waals surface area contributed by atoms with Crippen molar-refractivity contribution in [2.45, 2.75) is 20.8 Å². The molecule has 0 unspecified atom stereocenters. The van der Waals surface area contributed by atoms with Crippen LogP contribution in [0.25, 0.3) is 16.8 Å². The Labute approximate surface area is 108 Å². The van der Waals surface area contributed by atoms with Gasteiger partial charge in [0.1, 0.15) is 5.65 Å². The number of imidazole rings is 1. The molecule has 2 aromatic heterocycles. The minimum absolute atomic E-state index is 0.999. The van der Waals surface area contributed by atoms with E-state index in [1.807, 2.05) is 26.1 Å². The van der Waals surface area contributed by atoms with E-state index in [2.05, 4.69) is 58.9 Å². The molecular formula is C16H18N2. The van der Waals surface area contributed by atoms with Gasteiger partial charge in [-0.15, -0.1) is 0 Å². The summed E-state index contributed by atoms with van der Waals surface area (Å²) in [5.74, 6) is 0. The maximum absolute atomic E-state index is 4.37. The summed E-state index contributed by atoms with van der Waals surface area (Å²) < 4.78 is 2.09. The molecule has 0 aliphatic heterocycles. The van der Waals surface area contributed by atoms with E-state index in [4.69, 9.17) is 0 Å². The van der Waals surface area contributed by atoms with Gasteiger partial charge in [0.05, 0.1) is 0 Å². The summed E-state index contributed by atoms with van der Waals surface area (Å²) in [6, 6.07) is 14.6. The monoisotopic (exact) mass is 238 g/mol. The summed E-state index contributed by atoms with van der Waals surface area (Å²) in [6.45, 7) is 6.06. The van der Waals surface area contributed by atoms with Crippen LogP contribution in [0.15, 0.2) is 54.9 Å². The lowest BCUT2D eigenvalue weighted by molar-refractivity contribution is 1.11. The second kappa shape index (κ2) is 5.50. The molecule has 18 heavy (non-hydrogen) atoms. The summed E-state index contributed by atoms with van der Waals surface area (Å²) in [5, 5.41) is 0. The van der Waals surface area contributed by atoms with Crippen LogP contribution in [0, 0.1) is 6.92 Å². The molecular weight excluding hydrogens is 220 g/mol. The Hall–Kier alpha value is -2.09. The van der Waals surface area contributed by atoms with Crippen LogP contribution in [0.1, 0.15) is 19.5 Å². The largest absolute Gasteiger partial charge is 0.304 e. The van der Waals surface area contributed by atoms with Gasteiger partial charge in [-0.1, -0.05) is 44.2 Å². The predicted molar refractivity (Wildman–Crippen MR) is 76.7 cm³/mol. The van der Waals surface area contributed by atoms with Gasteiger partial charge in [-0.3, -0.25) is 0 Å². The van der Waals surface area contributed by atoms with Crippen LogP contribution in [0.4, 0.5) is 0 Å². The highest BCUT2D eigenvalue weighted by atomic mass is 15.0. The van der Waals surface area contributed by atoms with Gasteiger partial charge in [0.2, 0.25) is 0 Å². The summed E-state index contributed by atoms with van der Waals surface area (Å²) in [6.07, 6.45) is 3.96. The highest BCUT2D eigenvalue weighted by Crippen LogP contribution is 2.20. The van der Waals surface area contributed by atoms with E-state index in [9.17, 15) is 0 Å². The fourth-order valence-electron chi connectivity index (χ4n) is 1.92. The lowest BCUT2D eigenvalue weighted by atomic mass is 10.1. The van der Waals surface area contributed by atoms with Crippen molar-refractivity contribution < 1.29 is 0 Å². The van der Waals surface area contributed by atoms with E-state index < -0.39 is 0 Å². The normalized spacial score (nSPS) is 9.94. The van der Waals surface area contributed by atoms with Crippen LogP contribution in [0.2, 0.25) is 0 Å². The molecule has 0 amide bonds. The SMILES string of the molecule is CC.Cc1cnc2cc(-c3ccccc3)ccn12. The Kier molecular flexibility index (Phi) is 3.78. The summed E-state index contributed by atoms with van der Waals surface area (Å²) in [7, 11) is 0. The Morgan fingerprint density at radius 3 is 2.39 bits per heavy atom. The summed E-state index contributed by atoms with van der Waals surface area (Å²) >= 11 is 0. The average Bonchev–Trinajstić information content (AvgIpc) is 2.83. The van der Waals surface area contributed by atoms with Crippen molar-refractivity contribution in [2.75, 3.05) is 0 Å². The molecule has 0 bridgehead atoms. The lowest BCUT2D eigenvalue weighted by Crippen LogP contribution is -1.87. The molecule has 0 saturated carbocycles. The van der Waals surface area contributed by atoms with E-state index in [1.165, 1.54) is 11.1 Å². The van der Waals surface area contributed by atoms with E-state index in [-0.39, 0.29) is 0 Å². The van der Waals surface area contributed by atoms with Gasteiger partial charge in [-0.25, -0.2) is 4.98 Å². The van der Waals surface area contributed by atoms with Gasteiger partial charge in [0, 0.05) is 18.1 Å². The summed E-state index contributed by atoms with van der Waals surface area (Å²) in [5.41, 5.74) is 4.60. The number of benzene rings is 1. The maximum atomic E-state index is 4.37. The van der Waals surface area contributed by atoms with Crippen molar-refractivity contribution in [3.05, 3.63) is 60.6 Å². The number of nitrogens with zero attached hydrogens (tertiary/aromatic N) is 2. The molecule has 0 N–H and O–H groups in total. The van der Waals surface area contributed by atoms with E-state index in [1.54, 1.807) is 0 Å². The molecule has 0 radical (unpaired) electrons. The van der Waals surface area contributed by atoms with Crippen LogP contribution in [-0.4, -0.2) is 9.38 Å². The fourth-order valence-corrected chi connectivity index (χ4v) is 1.92. The number of rotatable bonds is 1. The molecule has 0 saturated heterocycles.